The highest BCUT2D eigenvalue weighted by molar-refractivity contribution is 5.89. The van der Waals surface area contributed by atoms with Gasteiger partial charge in [0.2, 0.25) is 17.1 Å². The summed E-state index contributed by atoms with van der Waals surface area (Å²) in [6, 6.07) is 11.1. The van der Waals surface area contributed by atoms with Crippen LogP contribution in [0.2, 0.25) is 0 Å². The van der Waals surface area contributed by atoms with Crippen LogP contribution >= 0.6 is 0 Å². The molecule has 0 aliphatic carbocycles. The molecule has 3 heterocycles. The average Bonchev–Trinajstić information content (AvgIpc) is 2.78. The first-order valence-electron chi connectivity index (χ1n) is 7.58. The van der Waals surface area contributed by atoms with Crippen LogP contribution in [0.25, 0.3) is 0 Å². The Kier molecular flexibility index (Phi) is 3.34. The predicted molar refractivity (Wildman–Crippen MR) is 80.8 cm³/mol. The molecule has 2 aliphatic heterocycles. The molecule has 7 heteroatoms. The van der Waals surface area contributed by atoms with E-state index < -0.39 is 28.6 Å². The van der Waals surface area contributed by atoms with E-state index in [9.17, 15) is 15.8 Å². The number of fused-ring (bicyclic) bond motifs is 2. The molecule has 3 rings (SSSR count). The van der Waals surface area contributed by atoms with E-state index in [1.165, 1.54) is 6.20 Å². The third-order valence-electron chi connectivity index (χ3n) is 5.25. The van der Waals surface area contributed by atoms with Gasteiger partial charge in [-0.1, -0.05) is 19.9 Å². The zero-order valence-electron chi connectivity index (χ0n) is 13.3. The van der Waals surface area contributed by atoms with Crippen LogP contribution in [0, 0.1) is 56.2 Å². The van der Waals surface area contributed by atoms with Crippen molar-refractivity contribution in [3.63, 3.8) is 0 Å². The van der Waals surface area contributed by atoms with Gasteiger partial charge in [-0.2, -0.15) is 15.8 Å². The first-order chi connectivity index (χ1) is 11.5. The summed E-state index contributed by atoms with van der Waals surface area (Å²) >= 11 is 0. The highest BCUT2D eigenvalue weighted by Crippen LogP contribution is 2.66. The maximum Gasteiger partial charge on any atom is 0.217 e. The summed E-state index contributed by atoms with van der Waals surface area (Å²) in [6.45, 7) is 3.50. The third-order valence-corrected chi connectivity index (χ3v) is 5.25. The summed E-state index contributed by atoms with van der Waals surface area (Å²) in [6.07, 6.45) is 0.811. The van der Waals surface area contributed by atoms with Gasteiger partial charge in [-0.15, -0.1) is 0 Å². The van der Waals surface area contributed by atoms with Crippen molar-refractivity contribution in [3.8, 4) is 18.2 Å². The zero-order chi connectivity index (χ0) is 17.6. The van der Waals surface area contributed by atoms with E-state index in [-0.39, 0.29) is 5.90 Å². The van der Waals surface area contributed by atoms with Gasteiger partial charge >= 0.3 is 0 Å². The molecular formula is C17H15N5O2. The van der Waals surface area contributed by atoms with E-state index in [0.29, 0.717) is 12.1 Å². The molecule has 0 unspecified atom stereocenters. The number of nitriles is 3. The monoisotopic (exact) mass is 321 g/mol. The molecular weight excluding hydrogens is 306 g/mol. The zero-order valence-corrected chi connectivity index (χ0v) is 13.3. The van der Waals surface area contributed by atoms with E-state index in [1.807, 2.05) is 19.1 Å². The van der Waals surface area contributed by atoms with Crippen molar-refractivity contribution in [3.05, 3.63) is 30.1 Å². The van der Waals surface area contributed by atoms with Gasteiger partial charge in [-0.25, -0.2) is 0 Å². The van der Waals surface area contributed by atoms with Gasteiger partial charge in [0.15, 0.2) is 5.41 Å². The van der Waals surface area contributed by atoms with Crippen molar-refractivity contribution >= 4 is 5.90 Å². The highest BCUT2D eigenvalue weighted by Gasteiger charge is 2.79. The van der Waals surface area contributed by atoms with Gasteiger partial charge in [-0.05, 0) is 12.1 Å². The molecule has 120 valence electrons. The van der Waals surface area contributed by atoms with Gasteiger partial charge in [0, 0.05) is 12.6 Å². The lowest BCUT2D eigenvalue weighted by molar-refractivity contribution is -0.281. The van der Waals surface area contributed by atoms with Crippen molar-refractivity contribution in [1.29, 1.82) is 21.2 Å². The second kappa shape index (κ2) is 5.03. The molecule has 0 radical (unpaired) electrons. The van der Waals surface area contributed by atoms with Gasteiger partial charge in [0.25, 0.3) is 0 Å². The normalized spacial score (nSPS) is 36.0. The largest absolute Gasteiger partial charge is 0.447 e. The number of nitrogens with one attached hydrogen (secondary N) is 1. The molecule has 0 aromatic carbocycles. The highest BCUT2D eigenvalue weighted by atomic mass is 16.7. The van der Waals surface area contributed by atoms with Crippen LogP contribution < -0.4 is 0 Å². The molecule has 0 saturated carbocycles. The fourth-order valence-electron chi connectivity index (χ4n) is 3.84. The second-order valence-electron chi connectivity index (χ2n) is 6.02. The average molecular weight is 321 g/mol. The molecule has 2 fully saturated rings. The summed E-state index contributed by atoms with van der Waals surface area (Å²) < 4.78 is 11.7. The molecule has 7 nitrogen and oxygen atoms in total. The Bertz CT molecular complexity index is 804. The predicted octanol–water partition coefficient (Wildman–Crippen LogP) is 2.45. The maximum atomic E-state index is 9.93. The molecule has 0 spiro atoms. The minimum atomic E-state index is -1.93. The number of nitrogens with zero attached hydrogens (tertiary/aromatic N) is 4. The molecule has 0 amide bonds. The van der Waals surface area contributed by atoms with E-state index in [4.69, 9.17) is 14.9 Å². The molecule has 4 atom stereocenters. The third kappa shape index (κ3) is 1.51. The number of rotatable bonds is 2. The van der Waals surface area contributed by atoms with Gasteiger partial charge in [0.1, 0.15) is 6.10 Å². The molecule has 1 aromatic heterocycles. The smallest absolute Gasteiger partial charge is 0.217 e. The Balaban J connectivity index is 2.34. The van der Waals surface area contributed by atoms with E-state index in [0.717, 1.165) is 0 Å². The first-order valence-corrected chi connectivity index (χ1v) is 7.58. The lowest BCUT2D eigenvalue weighted by Crippen LogP contribution is -2.58. The first kappa shape index (κ1) is 15.9. The molecule has 2 bridgehead atoms. The lowest BCUT2D eigenvalue weighted by Gasteiger charge is -2.48. The van der Waals surface area contributed by atoms with Gasteiger partial charge in [-0.3, -0.25) is 10.4 Å². The van der Waals surface area contributed by atoms with Crippen LogP contribution in [0.5, 0.6) is 0 Å². The Morgan fingerprint density at radius 2 is 1.96 bits per heavy atom. The van der Waals surface area contributed by atoms with E-state index >= 15 is 0 Å². The van der Waals surface area contributed by atoms with Crippen LogP contribution in [0.15, 0.2) is 24.4 Å². The molecule has 24 heavy (non-hydrogen) atoms. The van der Waals surface area contributed by atoms with Crippen LogP contribution in [-0.4, -0.2) is 16.7 Å². The van der Waals surface area contributed by atoms with E-state index in [2.05, 4.69) is 11.1 Å². The van der Waals surface area contributed by atoms with Crippen LogP contribution in [0.3, 0.4) is 0 Å². The SMILES string of the molecule is CC[C@@]12OC(=N)[C@@](C#N)([C@@H]1C)C(C#N)(C#N)[C@@H](c1ccccn1)O2. The lowest BCUT2D eigenvalue weighted by atomic mass is 9.54. The minimum absolute atomic E-state index is 0.364. The van der Waals surface area contributed by atoms with Crippen molar-refractivity contribution in [2.24, 2.45) is 16.7 Å². The topological polar surface area (TPSA) is 127 Å². The Labute approximate surface area is 139 Å². The quantitative estimate of drug-likeness (QED) is 0.891. The second-order valence-corrected chi connectivity index (χ2v) is 6.02. The molecule has 2 saturated heterocycles. The standard InChI is InChI=1S/C17H15N5O2/c1-3-17-11(2)16(10-20,14(21)24-17)15(8-18,9-19)13(23-17)12-6-4-5-7-22-12/h4-7,11,13,21H,3H2,1-2H3/t11-,13+,16+,17+/m0/s1. The van der Waals surface area contributed by atoms with Crippen molar-refractivity contribution < 1.29 is 9.47 Å². The number of aromatic nitrogens is 1. The van der Waals surface area contributed by atoms with Crippen LogP contribution in [0.4, 0.5) is 0 Å². The summed E-state index contributed by atoms with van der Waals surface area (Å²) in [7, 11) is 0. The van der Waals surface area contributed by atoms with Crippen molar-refractivity contribution in [2.45, 2.75) is 32.2 Å². The molecule has 1 N–H and O–H groups in total. The number of ether oxygens (including phenoxy) is 2. The Morgan fingerprint density at radius 3 is 2.46 bits per heavy atom. The van der Waals surface area contributed by atoms with Crippen LogP contribution in [-0.2, 0) is 9.47 Å². The maximum absolute atomic E-state index is 9.93. The minimum Gasteiger partial charge on any atom is -0.447 e. The van der Waals surface area contributed by atoms with E-state index in [1.54, 1.807) is 25.1 Å². The molecule has 2 aliphatic rings. The van der Waals surface area contributed by atoms with Gasteiger partial charge < -0.3 is 9.47 Å². The summed E-state index contributed by atoms with van der Waals surface area (Å²) in [5.41, 5.74) is -3.28. The van der Waals surface area contributed by atoms with Crippen LogP contribution in [0.1, 0.15) is 32.1 Å². The van der Waals surface area contributed by atoms with Gasteiger partial charge in [0.05, 0.1) is 29.8 Å². The fourth-order valence-corrected chi connectivity index (χ4v) is 3.84. The summed E-state index contributed by atoms with van der Waals surface area (Å²) in [5.74, 6) is -2.26. The Hall–Kier alpha value is -2.95. The summed E-state index contributed by atoms with van der Waals surface area (Å²) in [4.78, 5) is 4.21. The number of hydrogen-bond acceptors (Lipinski definition) is 7. The fraction of sp³-hybridized carbons (Fsp3) is 0.471. The number of hydrogen-bond donors (Lipinski definition) is 1. The van der Waals surface area contributed by atoms with Crippen molar-refractivity contribution in [1.82, 2.24) is 4.98 Å². The van der Waals surface area contributed by atoms with Crippen molar-refractivity contribution in [2.75, 3.05) is 0 Å². The Morgan fingerprint density at radius 1 is 1.25 bits per heavy atom. The molecule has 1 aromatic rings. The summed E-state index contributed by atoms with van der Waals surface area (Å²) in [5, 5.41) is 38.0. The number of pyridine rings is 1.